The Labute approximate surface area is 84.3 Å². The van der Waals surface area contributed by atoms with E-state index in [1.165, 1.54) is 5.56 Å². The molecule has 0 bridgehead atoms. The van der Waals surface area contributed by atoms with Crippen molar-refractivity contribution in [3.8, 4) is 11.3 Å². The quantitative estimate of drug-likeness (QED) is 0.829. The molecule has 0 radical (unpaired) electrons. The molecule has 3 nitrogen and oxygen atoms in total. The number of nitrogens with one attached hydrogen (secondary N) is 1. The maximum atomic E-state index is 3.99. The molecule has 13 heavy (non-hydrogen) atoms. The summed E-state index contributed by atoms with van der Waals surface area (Å²) in [6.45, 7) is 2.05. The van der Waals surface area contributed by atoms with Gasteiger partial charge in [-0.05, 0) is 28.4 Å². The number of H-pyrrole nitrogens is 1. The molecule has 0 unspecified atom stereocenters. The Kier molecular flexibility index (Phi) is 2.14. The van der Waals surface area contributed by atoms with Gasteiger partial charge in [-0.1, -0.05) is 29.5 Å². The zero-order valence-electron chi connectivity index (χ0n) is 7.08. The Hall–Kier alpha value is -1.16. The van der Waals surface area contributed by atoms with Crippen LogP contribution in [0.4, 0.5) is 0 Å². The fourth-order valence-electron chi connectivity index (χ4n) is 1.23. The second kappa shape index (κ2) is 3.30. The van der Waals surface area contributed by atoms with Gasteiger partial charge < -0.3 is 0 Å². The summed E-state index contributed by atoms with van der Waals surface area (Å²) < 4.78 is 0.821. The van der Waals surface area contributed by atoms with Crippen molar-refractivity contribution in [2.45, 2.75) is 6.92 Å². The molecule has 1 aromatic heterocycles. The minimum atomic E-state index is 0.821. The first kappa shape index (κ1) is 8.44. The summed E-state index contributed by atoms with van der Waals surface area (Å²) in [5.41, 5.74) is 3.15. The van der Waals surface area contributed by atoms with Crippen molar-refractivity contribution < 1.29 is 0 Å². The summed E-state index contributed by atoms with van der Waals surface area (Å²) in [4.78, 5) is 0. The lowest BCUT2D eigenvalue weighted by Crippen LogP contribution is -1.83. The lowest BCUT2D eigenvalue weighted by molar-refractivity contribution is 0.935. The van der Waals surface area contributed by atoms with Gasteiger partial charge in [0.1, 0.15) is 10.3 Å². The van der Waals surface area contributed by atoms with Crippen LogP contribution in [0.25, 0.3) is 11.3 Å². The van der Waals surface area contributed by atoms with E-state index in [-0.39, 0.29) is 0 Å². The second-order valence-electron chi connectivity index (χ2n) is 2.79. The van der Waals surface area contributed by atoms with Crippen LogP contribution in [0, 0.1) is 6.92 Å². The lowest BCUT2D eigenvalue weighted by atomic mass is 10.1. The molecular formula is C9H8BrN3. The van der Waals surface area contributed by atoms with E-state index >= 15 is 0 Å². The summed E-state index contributed by atoms with van der Waals surface area (Å²) in [5, 5.41) is 10.5. The Morgan fingerprint density at radius 2 is 2.08 bits per heavy atom. The highest BCUT2D eigenvalue weighted by Crippen LogP contribution is 2.25. The van der Waals surface area contributed by atoms with E-state index in [1.807, 2.05) is 18.2 Å². The first-order chi connectivity index (χ1) is 6.29. The number of halogens is 1. The predicted octanol–water partition coefficient (Wildman–Crippen LogP) is 2.54. The molecule has 0 aliphatic rings. The lowest BCUT2D eigenvalue weighted by Gasteiger charge is -2.00. The molecule has 0 fully saturated rings. The number of nitrogens with zero attached hydrogens (tertiary/aromatic N) is 2. The van der Waals surface area contributed by atoms with Gasteiger partial charge in [-0.2, -0.15) is 0 Å². The Balaban J connectivity index is 2.59. The van der Waals surface area contributed by atoms with Crippen LogP contribution in [0.2, 0.25) is 0 Å². The highest BCUT2D eigenvalue weighted by molar-refractivity contribution is 9.10. The van der Waals surface area contributed by atoms with E-state index in [1.54, 1.807) is 0 Å². The van der Waals surface area contributed by atoms with Crippen LogP contribution < -0.4 is 0 Å². The molecule has 0 spiro atoms. The minimum Gasteiger partial charge on any atom is -0.250 e. The Morgan fingerprint density at radius 1 is 1.31 bits per heavy atom. The first-order valence-electron chi connectivity index (χ1n) is 3.91. The van der Waals surface area contributed by atoms with Crippen LogP contribution >= 0.6 is 15.9 Å². The summed E-state index contributed by atoms with van der Waals surface area (Å²) in [6, 6.07) is 8.07. The van der Waals surface area contributed by atoms with E-state index in [4.69, 9.17) is 0 Å². The van der Waals surface area contributed by atoms with Gasteiger partial charge in [-0.25, -0.2) is 0 Å². The molecule has 4 heteroatoms. The van der Waals surface area contributed by atoms with Crippen LogP contribution in [-0.4, -0.2) is 15.4 Å². The third-order valence-electron chi connectivity index (χ3n) is 1.91. The van der Waals surface area contributed by atoms with E-state index in [0.717, 1.165) is 15.9 Å². The Bertz CT molecular complexity index is 422. The normalized spacial score (nSPS) is 10.3. The number of hydrogen-bond donors (Lipinski definition) is 1. The van der Waals surface area contributed by atoms with Crippen LogP contribution in [0.3, 0.4) is 0 Å². The molecular weight excluding hydrogens is 230 g/mol. The number of benzene rings is 1. The van der Waals surface area contributed by atoms with Gasteiger partial charge in [0.05, 0.1) is 0 Å². The molecule has 1 heterocycles. The third-order valence-corrected chi connectivity index (χ3v) is 2.46. The van der Waals surface area contributed by atoms with E-state index < -0.39 is 0 Å². The third kappa shape index (κ3) is 1.49. The number of hydrogen-bond acceptors (Lipinski definition) is 2. The molecule has 1 aromatic carbocycles. The molecule has 66 valence electrons. The smallest absolute Gasteiger partial charge is 0.129 e. The average Bonchev–Trinajstić information content (AvgIpc) is 2.52. The maximum absolute atomic E-state index is 3.99. The molecule has 0 amide bonds. The maximum Gasteiger partial charge on any atom is 0.129 e. The monoisotopic (exact) mass is 237 g/mol. The van der Waals surface area contributed by atoms with Crippen molar-refractivity contribution in [3.05, 3.63) is 34.4 Å². The molecule has 0 aliphatic heterocycles. The van der Waals surface area contributed by atoms with Crippen molar-refractivity contribution >= 4 is 15.9 Å². The summed E-state index contributed by atoms with van der Waals surface area (Å²) in [7, 11) is 0. The van der Waals surface area contributed by atoms with Crippen LogP contribution in [0.1, 0.15) is 5.56 Å². The van der Waals surface area contributed by atoms with Crippen molar-refractivity contribution in [1.82, 2.24) is 15.4 Å². The zero-order chi connectivity index (χ0) is 9.26. The molecule has 2 aromatic rings. The number of aromatic amines is 1. The van der Waals surface area contributed by atoms with E-state index in [9.17, 15) is 0 Å². The highest BCUT2D eigenvalue weighted by Gasteiger charge is 2.08. The van der Waals surface area contributed by atoms with Crippen molar-refractivity contribution in [3.63, 3.8) is 0 Å². The van der Waals surface area contributed by atoms with E-state index in [0.29, 0.717) is 0 Å². The van der Waals surface area contributed by atoms with Gasteiger partial charge in [-0.15, -0.1) is 5.10 Å². The van der Waals surface area contributed by atoms with Gasteiger partial charge in [0.15, 0.2) is 0 Å². The van der Waals surface area contributed by atoms with Gasteiger partial charge in [-0.3, -0.25) is 5.10 Å². The predicted molar refractivity (Wildman–Crippen MR) is 54.3 cm³/mol. The molecule has 0 saturated carbocycles. The van der Waals surface area contributed by atoms with Gasteiger partial charge >= 0.3 is 0 Å². The minimum absolute atomic E-state index is 0.821. The number of aryl methyl sites for hydroxylation is 1. The summed E-state index contributed by atoms with van der Waals surface area (Å²) in [6.07, 6.45) is 0. The van der Waals surface area contributed by atoms with Gasteiger partial charge in [0.2, 0.25) is 0 Å². The average molecular weight is 238 g/mol. The first-order valence-corrected chi connectivity index (χ1v) is 4.71. The SMILES string of the molecule is Cc1ccccc1-c1nn[nH]c1Br. The number of rotatable bonds is 1. The fourth-order valence-corrected chi connectivity index (χ4v) is 1.60. The summed E-state index contributed by atoms with van der Waals surface area (Å²) in [5.74, 6) is 0. The van der Waals surface area contributed by atoms with Gasteiger partial charge in [0.25, 0.3) is 0 Å². The van der Waals surface area contributed by atoms with Crippen molar-refractivity contribution in [2.24, 2.45) is 0 Å². The molecule has 0 saturated heterocycles. The van der Waals surface area contributed by atoms with Gasteiger partial charge in [0, 0.05) is 5.56 Å². The molecule has 2 rings (SSSR count). The number of aromatic nitrogens is 3. The van der Waals surface area contributed by atoms with Crippen molar-refractivity contribution in [1.29, 1.82) is 0 Å². The summed E-state index contributed by atoms with van der Waals surface area (Å²) >= 11 is 3.36. The van der Waals surface area contributed by atoms with E-state index in [2.05, 4.69) is 44.3 Å². The molecule has 1 N–H and O–H groups in total. The standard InChI is InChI=1S/C9H8BrN3/c1-6-4-2-3-5-7(6)8-9(10)12-13-11-8/h2-5H,1H3,(H,11,12,13). The fraction of sp³-hybridized carbons (Fsp3) is 0.111. The van der Waals surface area contributed by atoms with Crippen LogP contribution in [0.5, 0.6) is 0 Å². The zero-order valence-corrected chi connectivity index (χ0v) is 8.67. The highest BCUT2D eigenvalue weighted by atomic mass is 79.9. The molecule has 0 atom stereocenters. The largest absolute Gasteiger partial charge is 0.250 e. The van der Waals surface area contributed by atoms with Crippen LogP contribution in [-0.2, 0) is 0 Å². The van der Waals surface area contributed by atoms with Crippen molar-refractivity contribution in [2.75, 3.05) is 0 Å². The molecule has 0 aliphatic carbocycles. The topological polar surface area (TPSA) is 41.6 Å². The Morgan fingerprint density at radius 3 is 2.69 bits per heavy atom. The second-order valence-corrected chi connectivity index (χ2v) is 3.58. The van der Waals surface area contributed by atoms with Crippen LogP contribution in [0.15, 0.2) is 28.9 Å².